The molecule has 0 spiro atoms. The summed E-state index contributed by atoms with van der Waals surface area (Å²) < 4.78 is 15.7. The maximum Gasteiger partial charge on any atom is 0.410 e. The van der Waals surface area contributed by atoms with E-state index in [0.29, 0.717) is 12.3 Å². The molecule has 1 aromatic carbocycles. The summed E-state index contributed by atoms with van der Waals surface area (Å²) in [6.07, 6.45) is -0.505. The summed E-state index contributed by atoms with van der Waals surface area (Å²) in [4.78, 5) is 12.8. The van der Waals surface area contributed by atoms with Crippen molar-refractivity contribution in [3.05, 3.63) is 23.8 Å². The standard InChI is InChI=1S/C11H11NO4/c1-12-5-10(16-11(12)13)7-2-3-8-9(4-7)15-6-14-8/h2-4,10H,5-6H2,1H3. The van der Waals surface area contributed by atoms with E-state index in [0.717, 1.165) is 11.3 Å². The van der Waals surface area contributed by atoms with Gasteiger partial charge in [-0.3, -0.25) is 0 Å². The number of fused-ring (bicyclic) bond motifs is 1. The van der Waals surface area contributed by atoms with Crippen LogP contribution in [-0.4, -0.2) is 31.4 Å². The molecule has 0 saturated carbocycles. The van der Waals surface area contributed by atoms with E-state index in [1.165, 1.54) is 0 Å². The summed E-state index contributed by atoms with van der Waals surface area (Å²) in [5.74, 6) is 1.45. The van der Waals surface area contributed by atoms with Crippen molar-refractivity contribution in [2.75, 3.05) is 20.4 Å². The Morgan fingerprint density at radius 2 is 2.12 bits per heavy atom. The Bertz CT molecular complexity index is 446. The molecular weight excluding hydrogens is 210 g/mol. The third-order valence-corrected chi connectivity index (χ3v) is 2.76. The second-order valence-electron chi connectivity index (χ2n) is 3.87. The van der Waals surface area contributed by atoms with E-state index >= 15 is 0 Å². The Labute approximate surface area is 92.5 Å². The predicted octanol–water partition coefficient (Wildman–Crippen LogP) is 1.54. The highest BCUT2D eigenvalue weighted by molar-refractivity contribution is 5.69. The maximum absolute atomic E-state index is 11.2. The average molecular weight is 221 g/mol. The first-order valence-electron chi connectivity index (χ1n) is 5.05. The number of benzene rings is 1. The molecule has 1 amide bonds. The molecule has 1 atom stereocenters. The van der Waals surface area contributed by atoms with Crippen molar-refractivity contribution in [2.24, 2.45) is 0 Å². The van der Waals surface area contributed by atoms with Gasteiger partial charge in [-0.2, -0.15) is 0 Å². The predicted molar refractivity (Wildman–Crippen MR) is 54.4 cm³/mol. The smallest absolute Gasteiger partial charge is 0.410 e. The number of ether oxygens (including phenoxy) is 3. The molecule has 0 radical (unpaired) electrons. The minimum Gasteiger partial charge on any atom is -0.454 e. The van der Waals surface area contributed by atoms with E-state index in [1.807, 2.05) is 18.2 Å². The van der Waals surface area contributed by atoms with Crippen molar-refractivity contribution in [1.29, 1.82) is 0 Å². The number of hydrogen-bond donors (Lipinski definition) is 0. The summed E-state index contributed by atoms with van der Waals surface area (Å²) in [7, 11) is 1.72. The number of nitrogens with zero attached hydrogens (tertiary/aromatic N) is 1. The molecule has 16 heavy (non-hydrogen) atoms. The van der Waals surface area contributed by atoms with E-state index in [2.05, 4.69) is 0 Å². The lowest BCUT2D eigenvalue weighted by Gasteiger charge is -2.08. The molecule has 2 aliphatic heterocycles. The Hall–Kier alpha value is -1.91. The number of hydrogen-bond acceptors (Lipinski definition) is 4. The SMILES string of the molecule is CN1CC(c2ccc3c(c2)OCO3)OC1=O. The second-order valence-corrected chi connectivity index (χ2v) is 3.87. The molecular formula is C11H11NO4. The lowest BCUT2D eigenvalue weighted by molar-refractivity contribution is 0.134. The number of likely N-dealkylation sites (N-methyl/N-ethyl adjacent to an activating group) is 1. The zero-order valence-corrected chi connectivity index (χ0v) is 8.80. The Morgan fingerprint density at radius 1 is 1.31 bits per heavy atom. The average Bonchev–Trinajstić information content (AvgIpc) is 2.85. The molecule has 5 heteroatoms. The van der Waals surface area contributed by atoms with Gasteiger partial charge in [0.15, 0.2) is 11.5 Å². The number of rotatable bonds is 1. The van der Waals surface area contributed by atoms with E-state index in [4.69, 9.17) is 14.2 Å². The quantitative estimate of drug-likeness (QED) is 0.721. The van der Waals surface area contributed by atoms with Gasteiger partial charge in [0.25, 0.3) is 0 Å². The van der Waals surface area contributed by atoms with Crippen LogP contribution in [-0.2, 0) is 4.74 Å². The van der Waals surface area contributed by atoms with Crippen LogP contribution in [0.5, 0.6) is 11.5 Å². The van der Waals surface area contributed by atoms with Crippen molar-refractivity contribution >= 4 is 6.09 Å². The van der Waals surface area contributed by atoms with E-state index in [1.54, 1.807) is 11.9 Å². The fourth-order valence-corrected chi connectivity index (χ4v) is 1.86. The van der Waals surface area contributed by atoms with Gasteiger partial charge in [0.2, 0.25) is 6.79 Å². The molecule has 1 fully saturated rings. The molecule has 5 nitrogen and oxygen atoms in total. The third kappa shape index (κ3) is 1.36. The van der Waals surface area contributed by atoms with Crippen LogP contribution >= 0.6 is 0 Å². The zero-order chi connectivity index (χ0) is 11.1. The molecule has 0 aliphatic carbocycles. The Kier molecular flexibility index (Phi) is 1.92. The highest BCUT2D eigenvalue weighted by Gasteiger charge is 2.30. The van der Waals surface area contributed by atoms with Gasteiger partial charge in [-0.05, 0) is 17.7 Å². The van der Waals surface area contributed by atoms with Crippen molar-refractivity contribution in [1.82, 2.24) is 4.90 Å². The van der Waals surface area contributed by atoms with Crippen molar-refractivity contribution in [3.8, 4) is 11.5 Å². The molecule has 1 aromatic rings. The fourth-order valence-electron chi connectivity index (χ4n) is 1.86. The topological polar surface area (TPSA) is 48.0 Å². The van der Waals surface area contributed by atoms with Crippen molar-refractivity contribution in [3.63, 3.8) is 0 Å². The first kappa shape index (κ1) is 9.33. The number of carbonyl (C=O) groups is 1. The molecule has 0 bridgehead atoms. The van der Waals surface area contributed by atoms with Crippen LogP contribution in [0.25, 0.3) is 0 Å². The first-order chi connectivity index (χ1) is 7.74. The van der Waals surface area contributed by atoms with Crippen LogP contribution < -0.4 is 9.47 Å². The third-order valence-electron chi connectivity index (χ3n) is 2.76. The molecule has 84 valence electrons. The highest BCUT2D eigenvalue weighted by atomic mass is 16.7. The van der Waals surface area contributed by atoms with Gasteiger partial charge >= 0.3 is 6.09 Å². The minimum atomic E-state index is -0.289. The maximum atomic E-state index is 11.2. The van der Waals surface area contributed by atoms with Gasteiger partial charge in [-0.25, -0.2) is 4.79 Å². The molecule has 0 N–H and O–H groups in total. The molecule has 3 rings (SSSR count). The van der Waals surface area contributed by atoms with Crippen molar-refractivity contribution < 1.29 is 19.0 Å². The Balaban J connectivity index is 1.88. The van der Waals surface area contributed by atoms with Gasteiger partial charge in [0.1, 0.15) is 6.10 Å². The van der Waals surface area contributed by atoms with Crippen LogP contribution in [0.15, 0.2) is 18.2 Å². The van der Waals surface area contributed by atoms with Crippen molar-refractivity contribution in [2.45, 2.75) is 6.10 Å². The van der Waals surface area contributed by atoms with Gasteiger partial charge in [-0.1, -0.05) is 6.07 Å². The number of cyclic esters (lactones) is 1. The lowest BCUT2D eigenvalue weighted by Crippen LogP contribution is -2.17. The van der Waals surface area contributed by atoms with E-state index in [9.17, 15) is 4.79 Å². The van der Waals surface area contributed by atoms with Gasteiger partial charge in [0.05, 0.1) is 6.54 Å². The summed E-state index contributed by atoms with van der Waals surface area (Å²) in [6.45, 7) is 0.821. The van der Waals surface area contributed by atoms with Crippen LogP contribution in [0.4, 0.5) is 4.79 Å². The molecule has 2 aliphatic rings. The summed E-state index contributed by atoms with van der Waals surface area (Å²) in [5.41, 5.74) is 0.932. The molecule has 1 unspecified atom stereocenters. The minimum absolute atomic E-state index is 0.216. The first-order valence-corrected chi connectivity index (χ1v) is 5.05. The summed E-state index contributed by atoms with van der Waals surface area (Å²) in [5, 5.41) is 0. The normalized spacial score (nSPS) is 22.4. The number of amides is 1. The zero-order valence-electron chi connectivity index (χ0n) is 8.80. The highest BCUT2D eigenvalue weighted by Crippen LogP contribution is 2.36. The molecule has 2 heterocycles. The van der Waals surface area contributed by atoms with Crippen LogP contribution in [0.1, 0.15) is 11.7 Å². The Morgan fingerprint density at radius 3 is 2.88 bits per heavy atom. The van der Waals surface area contributed by atoms with Crippen LogP contribution in [0.2, 0.25) is 0 Å². The van der Waals surface area contributed by atoms with Crippen LogP contribution in [0, 0.1) is 0 Å². The largest absolute Gasteiger partial charge is 0.454 e. The van der Waals surface area contributed by atoms with E-state index < -0.39 is 0 Å². The molecule has 1 saturated heterocycles. The fraction of sp³-hybridized carbons (Fsp3) is 0.364. The van der Waals surface area contributed by atoms with Crippen LogP contribution in [0.3, 0.4) is 0 Å². The monoisotopic (exact) mass is 221 g/mol. The lowest BCUT2D eigenvalue weighted by atomic mass is 10.1. The van der Waals surface area contributed by atoms with Gasteiger partial charge < -0.3 is 19.1 Å². The van der Waals surface area contributed by atoms with Gasteiger partial charge in [0, 0.05) is 7.05 Å². The van der Waals surface area contributed by atoms with Gasteiger partial charge in [-0.15, -0.1) is 0 Å². The summed E-state index contributed by atoms with van der Waals surface area (Å²) >= 11 is 0. The number of carbonyl (C=O) groups excluding carboxylic acids is 1. The second kappa shape index (κ2) is 3.30. The van der Waals surface area contributed by atoms with E-state index in [-0.39, 0.29) is 19.0 Å². The molecule has 0 aromatic heterocycles. The summed E-state index contributed by atoms with van der Waals surface area (Å²) in [6, 6.07) is 5.59.